The van der Waals surface area contributed by atoms with Gasteiger partial charge in [-0.1, -0.05) is 18.2 Å². The van der Waals surface area contributed by atoms with E-state index in [0.717, 1.165) is 11.3 Å². The summed E-state index contributed by atoms with van der Waals surface area (Å²) >= 11 is 0. The zero-order chi connectivity index (χ0) is 21.4. The predicted molar refractivity (Wildman–Crippen MR) is 114 cm³/mol. The van der Waals surface area contributed by atoms with Gasteiger partial charge < -0.3 is 14.4 Å². The summed E-state index contributed by atoms with van der Waals surface area (Å²) in [5, 5.41) is 0. The van der Waals surface area contributed by atoms with E-state index < -0.39 is 6.10 Å². The highest BCUT2D eigenvalue weighted by atomic mass is 16.6. The fourth-order valence-electron chi connectivity index (χ4n) is 4.09. The highest BCUT2D eigenvalue weighted by molar-refractivity contribution is 5.82. The number of nitrogens with zero attached hydrogens (tertiary/aromatic N) is 4. The molecule has 1 aromatic carbocycles. The number of aromatic nitrogens is 2. The molecule has 0 aliphatic carbocycles. The Morgan fingerprint density at radius 3 is 2.68 bits per heavy atom. The Bertz CT molecular complexity index is 1180. The predicted octanol–water partition coefficient (Wildman–Crippen LogP) is 1.49. The maximum atomic E-state index is 12.9. The zero-order valence-corrected chi connectivity index (χ0v) is 17.4. The van der Waals surface area contributed by atoms with Gasteiger partial charge in [0, 0.05) is 45.0 Å². The van der Waals surface area contributed by atoms with Gasteiger partial charge in [-0.25, -0.2) is 4.98 Å². The molecule has 0 N–H and O–H groups in total. The lowest BCUT2D eigenvalue weighted by atomic mass is 10.2. The minimum absolute atomic E-state index is 0.0492. The van der Waals surface area contributed by atoms with Crippen LogP contribution in [0.25, 0.3) is 5.65 Å². The lowest BCUT2D eigenvalue weighted by molar-refractivity contribution is -0.143. The fraction of sp³-hybridized carbons (Fsp3) is 0.348. The largest absolute Gasteiger partial charge is 0.485 e. The standard InChI is InChI=1S/C23H24N4O4/c1-16-5-4-8-27-21(28)13-17(24-22(16)27)14-25-9-11-26(12-10-25)23(29)20-15-30-18-6-2-3-7-19(18)31-20/h2-8,13,20H,9-12,14-15H2,1H3. The molecule has 8 heteroatoms. The molecule has 1 amide bonds. The van der Waals surface area contributed by atoms with Crippen LogP contribution >= 0.6 is 0 Å². The van der Waals surface area contributed by atoms with Gasteiger partial charge in [0.2, 0.25) is 6.10 Å². The van der Waals surface area contributed by atoms with Gasteiger partial charge in [0.1, 0.15) is 12.3 Å². The molecule has 0 bridgehead atoms. The third-order valence-corrected chi connectivity index (χ3v) is 5.79. The van der Waals surface area contributed by atoms with Crippen molar-refractivity contribution in [3.05, 3.63) is 70.3 Å². The second-order valence-electron chi connectivity index (χ2n) is 7.94. The van der Waals surface area contributed by atoms with Crippen molar-refractivity contribution < 1.29 is 14.3 Å². The molecular formula is C23H24N4O4. The van der Waals surface area contributed by atoms with Gasteiger partial charge in [-0.2, -0.15) is 0 Å². The molecule has 1 saturated heterocycles. The van der Waals surface area contributed by atoms with E-state index in [4.69, 9.17) is 9.47 Å². The third-order valence-electron chi connectivity index (χ3n) is 5.79. The van der Waals surface area contributed by atoms with E-state index >= 15 is 0 Å². The van der Waals surface area contributed by atoms with Crippen molar-refractivity contribution in [1.82, 2.24) is 19.2 Å². The Morgan fingerprint density at radius 1 is 1.10 bits per heavy atom. The Balaban J connectivity index is 1.21. The summed E-state index contributed by atoms with van der Waals surface area (Å²) in [5.74, 6) is 1.23. The fourth-order valence-corrected chi connectivity index (χ4v) is 4.09. The van der Waals surface area contributed by atoms with Crippen molar-refractivity contribution in [2.24, 2.45) is 0 Å². The lowest BCUT2D eigenvalue weighted by Crippen LogP contribution is -2.53. The Morgan fingerprint density at radius 2 is 1.87 bits per heavy atom. The quantitative estimate of drug-likeness (QED) is 0.639. The maximum absolute atomic E-state index is 12.9. The second-order valence-corrected chi connectivity index (χ2v) is 7.94. The van der Waals surface area contributed by atoms with E-state index in [1.165, 1.54) is 0 Å². The summed E-state index contributed by atoms with van der Waals surface area (Å²) in [4.78, 5) is 34.0. The van der Waals surface area contributed by atoms with Gasteiger partial charge in [0.25, 0.3) is 11.5 Å². The van der Waals surface area contributed by atoms with Crippen LogP contribution in [-0.4, -0.2) is 64.0 Å². The molecule has 4 heterocycles. The summed E-state index contributed by atoms with van der Waals surface area (Å²) in [5.41, 5.74) is 2.33. The van der Waals surface area contributed by atoms with E-state index in [1.807, 2.05) is 48.2 Å². The monoisotopic (exact) mass is 420 g/mol. The van der Waals surface area contributed by atoms with Crippen LogP contribution in [0.4, 0.5) is 0 Å². The number of benzene rings is 1. The summed E-state index contributed by atoms with van der Waals surface area (Å²) < 4.78 is 13.1. The number of fused-ring (bicyclic) bond motifs is 2. The average molecular weight is 420 g/mol. The first-order valence-corrected chi connectivity index (χ1v) is 10.5. The smallest absolute Gasteiger partial charge is 0.267 e. The second kappa shape index (κ2) is 8.03. The first kappa shape index (κ1) is 19.6. The van der Waals surface area contributed by atoms with Gasteiger partial charge >= 0.3 is 0 Å². The topological polar surface area (TPSA) is 76.4 Å². The van der Waals surface area contributed by atoms with Gasteiger partial charge in [-0.15, -0.1) is 0 Å². The van der Waals surface area contributed by atoms with Crippen LogP contribution in [-0.2, 0) is 11.3 Å². The van der Waals surface area contributed by atoms with Gasteiger partial charge in [-0.3, -0.25) is 18.9 Å². The Labute approximate surface area is 179 Å². The molecule has 0 spiro atoms. The summed E-state index contributed by atoms with van der Waals surface area (Å²) in [6.07, 6.45) is 1.12. The van der Waals surface area contributed by atoms with Gasteiger partial charge in [0.15, 0.2) is 11.5 Å². The Kier molecular flexibility index (Phi) is 5.07. The molecule has 0 radical (unpaired) electrons. The van der Waals surface area contributed by atoms with Crippen molar-refractivity contribution in [3.8, 4) is 11.5 Å². The zero-order valence-electron chi connectivity index (χ0n) is 17.4. The van der Waals surface area contributed by atoms with E-state index in [2.05, 4.69) is 9.88 Å². The molecule has 3 aromatic rings. The molecule has 0 saturated carbocycles. The van der Waals surface area contributed by atoms with Crippen LogP contribution in [0.3, 0.4) is 0 Å². The lowest BCUT2D eigenvalue weighted by Gasteiger charge is -2.37. The van der Waals surface area contributed by atoms with Crippen molar-refractivity contribution in [2.75, 3.05) is 32.8 Å². The van der Waals surface area contributed by atoms with Crippen molar-refractivity contribution >= 4 is 11.6 Å². The molecule has 2 aliphatic heterocycles. The van der Waals surface area contributed by atoms with Crippen LogP contribution < -0.4 is 15.0 Å². The number of piperazine rings is 1. The van der Waals surface area contributed by atoms with Crippen LogP contribution in [0.5, 0.6) is 11.5 Å². The number of hydrogen-bond donors (Lipinski definition) is 0. The van der Waals surface area contributed by atoms with Crippen molar-refractivity contribution in [3.63, 3.8) is 0 Å². The number of carbonyl (C=O) groups is 1. The highest BCUT2D eigenvalue weighted by Crippen LogP contribution is 2.31. The third kappa shape index (κ3) is 3.86. The highest BCUT2D eigenvalue weighted by Gasteiger charge is 2.32. The molecule has 1 unspecified atom stereocenters. The molecular weight excluding hydrogens is 396 g/mol. The van der Waals surface area contributed by atoms with Crippen molar-refractivity contribution in [2.45, 2.75) is 19.6 Å². The number of rotatable bonds is 3. The number of aryl methyl sites for hydroxylation is 1. The summed E-state index contributed by atoms with van der Waals surface area (Å²) in [7, 11) is 0. The van der Waals surface area contributed by atoms with E-state index in [9.17, 15) is 9.59 Å². The van der Waals surface area contributed by atoms with E-state index in [1.54, 1.807) is 16.7 Å². The molecule has 1 fully saturated rings. The molecule has 160 valence electrons. The van der Waals surface area contributed by atoms with Gasteiger partial charge in [-0.05, 0) is 30.7 Å². The summed E-state index contributed by atoms with van der Waals surface area (Å²) in [6, 6.07) is 12.8. The number of ether oxygens (including phenoxy) is 2. The molecule has 8 nitrogen and oxygen atoms in total. The average Bonchev–Trinajstić information content (AvgIpc) is 2.79. The summed E-state index contributed by atoms with van der Waals surface area (Å²) in [6.45, 7) is 5.39. The van der Waals surface area contributed by atoms with Gasteiger partial charge in [0.05, 0.1) is 5.69 Å². The Hall–Kier alpha value is -3.39. The SMILES string of the molecule is Cc1cccn2c(=O)cc(CN3CCN(C(=O)C4COc5ccccc5O4)CC3)nc12. The molecule has 2 aliphatic rings. The molecule has 5 rings (SSSR count). The van der Waals surface area contributed by atoms with Crippen LogP contribution in [0.15, 0.2) is 53.5 Å². The van der Waals surface area contributed by atoms with E-state index in [0.29, 0.717) is 49.9 Å². The number of carbonyl (C=O) groups excluding carboxylic acids is 1. The first-order valence-electron chi connectivity index (χ1n) is 10.5. The van der Waals surface area contributed by atoms with E-state index in [-0.39, 0.29) is 18.1 Å². The first-order chi connectivity index (χ1) is 15.1. The minimum Gasteiger partial charge on any atom is -0.485 e. The number of pyridine rings is 1. The normalized spacial score (nSPS) is 18.9. The van der Waals surface area contributed by atoms with Crippen molar-refractivity contribution in [1.29, 1.82) is 0 Å². The number of hydrogen-bond acceptors (Lipinski definition) is 6. The molecule has 1 atom stereocenters. The molecule has 2 aromatic heterocycles. The molecule has 31 heavy (non-hydrogen) atoms. The minimum atomic E-state index is -0.619. The van der Waals surface area contributed by atoms with Crippen LogP contribution in [0.2, 0.25) is 0 Å². The van der Waals surface area contributed by atoms with Crippen LogP contribution in [0.1, 0.15) is 11.3 Å². The number of para-hydroxylation sites is 2. The number of amides is 1. The van der Waals surface area contributed by atoms with Crippen LogP contribution in [0, 0.1) is 6.92 Å². The maximum Gasteiger partial charge on any atom is 0.267 e.